The number of nitrogens with zero attached hydrogens (tertiary/aromatic N) is 1. The van der Waals surface area contributed by atoms with Gasteiger partial charge in [0.25, 0.3) is 0 Å². The molecule has 0 atom stereocenters. The van der Waals surface area contributed by atoms with Crippen LogP contribution in [0.2, 0.25) is 0 Å². The maximum absolute atomic E-state index is 10.7. The summed E-state index contributed by atoms with van der Waals surface area (Å²) in [4.78, 5) is 13.1. The summed E-state index contributed by atoms with van der Waals surface area (Å²) >= 11 is 4.75. The summed E-state index contributed by atoms with van der Waals surface area (Å²) in [6.07, 6.45) is 0.626. The van der Waals surface area contributed by atoms with Crippen LogP contribution >= 0.6 is 12.2 Å². The number of primary amides is 1. The lowest BCUT2D eigenvalue weighted by atomic mass is 10.3. The molecule has 0 spiro atoms. The van der Waals surface area contributed by atoms with E-state index in [2.05, 4.69) is 0 Å². The first-order valence-electron chi connectivity index (χ1n) is 4.24. The average molecular weight is 203 g/mol. The Balaban J connectivity index is 3.95. The summed E-state index contributed by atoms with van der Waals surface area (Å²) < 4.78 is 0. The molecular weight excluding hydrogens is 186 g/mol. The number of thiocarbonyl (C=S) groups is 1. The van der Waals surface area contributed by atoms with E-state index < -0.39 is 0 Å². The molecule has 0 saturated heterocycles. The minimum absolute atomic E-state index is 0.264. The van der Waals surface area contributed by atoms with Gasteiger partial charge in [-0.3, -0.25) is 9.69 Å². The smallest absolute Gasteiger partial charge is 0.231 e. The summed E-state index contributed by atoms with van der Waals surface area (Å²) in [7, 11) is 0. The maximum atomic E-state index is 10.7. The quantitative estimate of drug-likeness (QED) is 0.589. The van der Waals surface area contributed by atoms with Gasteiger partial charge >= 0.3 is 0 Å². The average Bonchev–Trinajstić information content (AvgIpc) is 1.96. The van der Waals surface area contributed by atoms with Crippen molar-refractivity contribution in [3.63, 3.8) is 0 Å². The van der Waals surface area contributed by atoms with E-state index in [1.54, 1.807) is 0 Å². The first kappa shape index (κ1) is 12.3. The lowest BCUT2D eigenvalue weighted by Gasteiger charge is -2.24. The van der Waals surface area contributed by atoms with E-state index in [1.807, 2.05) is 18.7 Å². The highest BCUT2D eigenvalue weighted by Gasteiger charge is 2.11. The zero-order chi connectivity index (χ0) is 10.4. The third kappa shape index (κ3) is 6.48. The normalized spacial score (nSPS) is 10.8. The van der Waals surface area contributed by atoms with E-state index in [-0.39, 0.29) is 18.5 Å². The van der Waals surface area contributed by atoms with Crippen molar-refractivity contribution in [2.24, 2.45) is 11.5 Å². The molecule has 0 aliphatic carbocycles. The molecule has 0 aromatic rings. The van der Waals surface area contributed by atoms with Gasteiger partial charge in [0.05, 0.1) is 11.5 Å². The van der Waals surface area contributed by atoms with E-state index in [9.17, 15) is 4.79 Å². The number of rotatable bonds is 6. The van der Waals surface area contributed by atoms with Crippen molar-refractivity contribution in [1.29, 1.82) is 0 Å². The number of amides is 1. The van der Waals surface area contributed by atoms with Gasteiger partial charge in [0.2, 0.25) is 5.91 Å². The Morgan fingerprint density at radius 1 is 1.46 bits per heavy atom. The summed E-state index contributed by atoms with van der Waals surface area (Å²) in [5.41, 5.74) is 10.5. The van der Waals surface area contributed by atoms with Crippen LogP contribution in [0.4, 0.5) is 0 Å². The lowest BCUT2D eigenvalue weighted by Crippen LogP contribution is -2.40. The Kier molecular flexibility index (Phi) is 5.57. The zero-order valence-electron chi connectivity index (χ0n) is 8.12. The first-order valence-corrected chi connectivity index (χ1v) is 4.65. The largest absolute Gasteiger partial charge is 0.393 e. The third-order valence-corrected chi connectivity index (χ3v) is 1.94. The predicted octanol–water partition coefficient (Wildman–Crippen LogP) is -0.142. The van der Waals surface area contributed by atoms with Crippen LogP contribution in [0.3, 0.4) is 0 Å². The standard InChI is InChI=1S/C8H17N3OS/c1-6(2)11(5-7(9)12)4-3-8(10)13/h6H,3-5H2,1-2H3,(H2,9,12)(H2,10,13). The summed E-state index contributed by atoms with van der Waals surface area (Å²) in [5, 5.41) is 0. The SMILES string of the molecule is CC(C)N(CCC(N)=S)CC(N)=O. The number of hydrogen-bond donors (Lipinski definition) is 2. The zero-order valence-corrected chi connectivity index (χ0v) is 8.93. The topological polar surface area (TPSA) is 72.3 Å². The van der Waals surface area contributed by atoms with E-state index >= 15 is 0 Å². The number of carbonyl (C=O) groups excluding carboxylic acids is 1. The molecule has 0 saturated carbocycles. The van der Waals surface area contributed by atoms with Gasteiger partial charge in [0.15, 0.2) is 0 Å². The molecule has 4 N–H and O–H groups in total. The summed E-state index contributed by atoms with van der Waals surface area (Å²) in [6.45, 7) is 4.96. The van der Waals surface area contributed by atoms with Gasteiger partial charge in [-0.25, -0.2) is 0 Å². The van der Waals surface area contributed by atoms with Crippen LogP contribution in [0.25, 0.3) is 0 Å². The van der Waals surface area contributed by atoms with Crippen LogP contribution in [0.5, 0.6) is 0 Å². The summed E-state index contributed by atoms with van der Waals surface area (Å²) in [6, 6.07) is 0.279. The predicted molar refractivity (Wildman–Crippen MR) is 57.3 cm³/mol. The second kappa shape index (κ2) is 5.88. The van der Waals surface area contributed by atoms with Crippen LogP contribution < -0.4 is 11.5 Å². The van der Waals surface area contributed by atoms with Gasteiger partial charge in [-0.05, 0) is 13.8 Å². The van der Waals surface area contributed by atoms with Gasteiger partial charge in [-0.15, -0.1) is 0 Å². The second-order valence-electron chi connectivity index (χ2n) is 3.25. The number of carbonyl (C=O) groups is 1. The van der Waals surface area contributed by atoms with Crippen LogP contribution in [-0.2, 0) is 4.79 Å². The maximum Gasteiger partial charge on any atom is 0.231 e. The highest BCUT2D eigenvalue weighted by Crippen LogP contribution is 1.98. The van der Waals surface area contributed by atoms with Gasteiger partial charge in [-0.2, -0.15) is 0 Å². The van der Waals surface area contributed by atoms with Crippen molar-refractivity contribution in [2.75, 3.05) is 13.1 Å². The van der Waals surface area contributed by atoms with Gasteiger partial charge < -0.3 is 11.5 Å². The fourth-order valence-electron chi connectivity index (χ4n) is 0.974. The van der Waals surface area contributed by atoms with E-state index in [0.29, 0.717) is 18.0 Å². The van der Waals surface area contributed by atoms with E-state index in [1.165, 1.54) is 0 Å². The van der Waals surface area contributed by atoms with Crippen LogP contribution in [0.15, 0.2) is 0 Å². The van der Waals surface area contributed by atoms with Crippen molar-refractivity contribution in [3.05, 3.63) is 0 Å². The molecule has 1 amide bonds. The Morgan fingerprint density at radius 2 is 2.00 bits per heavy atom. The molecule has 0 aliphatic heterocycles. The van der Waals surface area contributed by atoms with Gasteiger partial charge in [0.1, 0.15) is 0 Å². The Morgan fingerprint density at radius 3 is 2.31 bits per heavy atom. The molecule has 4 nitrogen and oxygen atoms in total. The van der Waals surface area contributed by atoms with Crippen molar-refractivity contribution >= 4 is 23.1 Å². The van der Waals surface area contributed by atoms with Crippen LogP contribution in [0.1, 0.15) is 20.3 Å². The van der Waals surface area contributed by atoms with Crippen molar-refractivity contribution < 1.29 is 4.79 Å². The number of nitrogens with two attached hydrogens (primary N) is 2. The highest BCUT2D eigenvalue weighted by molar-refractivity contribution is 7.80. The molecule has 0 fully saturated rings. The van der Waals surface area contributed by atoms with Crippen LogP contribution in [0, 0.1) is 0 Å². The van der Waals surface area contributed by atoms with E-state index in [0.717, 1.165) is 0 Å². The van der Waals surface area contributed by atoms with Crippen molar-refractivity contribution in [3.8, 4) is 0 Å². The minimum Gasteiger partial charge on any atom is -0.393 e. The molecule has 0 heterocycles. The fourth-order valence-corrected chi connectivity index (χ4v) is 1.07. The first-order chi connectivity index (χ1) is 5.93. The Hall–Kier alpha value is -0.680. The molecular formula is C8H17N3OS. The molecule has 0 aliphatic rings. The molecule has 13 heavy (non-hydrogen) atoms. The van der Waals surface area contributed by atoms with Gasteiger partial charge in [0, 0.05) is 19.0 Å². The molecule has 0 bridgehead atoms. The Bertz CT molecular complexity index is 194. The molecule has 0 unspecified atom stereocenters. The molecule has 0 rings (SSSR count). The van der Waals surface area contributed by atoms with Gasteiger partial charge in [-0.1, -0.05) is 12.2 Å². The summed E-state index contributed by atoms with van der Waals surface area (Å²) in [5.74, 6) is -0.323. The minimum atomic E-state index is -0.323. The molecule has 0 aromatic carbocycles. The van der Waals surface area contributed by atoms with Crippen molar-refractivity contribution in [2.45, 2.75) is 26.3 Å². The molecule has 0 aromatic heterocycles. The van der Waals surface area contributed by atoms with Crippen LogP contribution in [-0.4, -0.2) is 34.9 Å². The second-order valence-corrected chi connectivity index (χ2v) is 3.77. The Labute approximate surface area is 84.3 Å². The van der Waals surface area contributed by atoms with Crippen molar-refractivity contribution in [1.82, 2.24) is 4.90 Å². The van der Waals surface area contributed by atoms with E-state index in [4.69, 9.17) is 23.7 Å². The lowest BCUT2D eigenvalue weighted by molar-refractivity contribution is -0.119. The molecule has 76 valence electrons. The fraction of sp³-hybridized carbons (Fsp3) is 0.750. The third-order valence-electron chi connectivity index (χ3n) is 1.73. The highest BCUT2D eigenvalue weighted by atomic mass is 32.1. The molecule has 5 heteroatoms. The number of hydrogen-bond acceptors (Lipinski definition) is 3. The molecule has 0 radical (unpaired) electrons. The monoisotopic (exact) mass is 203 g/mol.